The van der Waals surface area contributed by atoms with Crippen LogP contribution in [0.1, 0.15) is 35.3 Å². The lowest BCUT2D eigenvalue weighted by atomic mass is 10.0. The maximum absolute atomic E-state index is 12.2. The molecule has 2 rings (SSSR count). The van der Waals surface area contributed by atoms with Gasteiger partial charge in [0.05, 0.1) is 13.2 Å². The van der Waals surface area contributed by atoms with Gasteiger partial charge in [-0.1, -0.05) is 6.08 Å². The van der Waals surface area contributed by atoms with E-state index in [1.165, 1.54) is 18.2 Å². The Morgan fingerprint density at radius 2 is 1.75 bits per heavy atom. The highest BCUT2D eigenvalue weighted by molar-refractivity contribution is 6.07. The molecule has 4 nitrogen and oxygen atoms in total. The summed E-state index contributed by atoms with van der Waals surface area (Å²) in [6.45, 7) is 6.92. The van der Waals surface area contributed by atoms with Crippen LogP contribution in [0.3, 0.4) is 0 Å². The van der Waals surface area contributed by atoms with Gasteiger partial charge in [0.25, 0.3) is 0 Å². The average Bonchev–Trinajstić information content (AvgIpc) is 2.57. The number of ether oxygens (including phenoxy) is 2. The normalized spacial score (nSPS) is 10.8. The van der Waals surface area contributed by atoms with Crippen LogP contribution in [-0.4, -0.2) is 24.1 Å². The maximum Gasteiger partial charge on any atom is 0.185 e. The Labute approximate surface area is 142 Å². The van der Waals surface area contributed by atoms with E-state index >= 15 is 0 Å². The smallest absolute Gasteiger partial charge is 0.185 e. The van der Waals surface area contributed by atoms with Crippen LogP contribution >= 0.6 is 0 Å². The lowest BCUT2D eigenvalue weighted by Gasteiger charge is -2.13. The summed E-state index contributed by atoms with van der Waals surface area (Å²) in [6, 6.07) is 9.93. The van der Waals surface area contributed by atoms with E-state index in [2.05, 4.69) is 0 Å². The van der Waals surface area contributed by atoms with E-state index in [0.717, 1.165) is 16.9 Å². The summed E-state index contributed by atoms with van der Waals surface area (Å²) in [5, 5.41) is 9.29. The highest BCUT2D eigenvalue weighted by atomic mass is 16.5. The zero-order valence-electron chi connectivity index (χ0n) is 14.2. The molecule has 0 amide bonds. The fourth-order valence-electron chi connectivity index (χ4n) is 2.30. The van der Waals surface area contributed by atoms with E-state index in [-0.39, 0.29) is 11.5 Å². The first-order valence-electron chi connectivity index (χ1n) is 7.96. The predicted molar refractivity (Wildman–Crippen MR) is 95.0 cm³/mol. The minimum absolute atomic E-state index is 0.130. The number of ketones is 1. The molecule has 0 saturated heterocycles. The summed E-state index contributed by atoms with van der Waals surface area (Å²) in [4.78, 5) is 12.2. The second-order valence-electron chi connectivity index (χ2n) is 5.25. The van der Waals surface area contributed by atoms with Gasteiger partial charge in [0.15, 0.2) is 5.78 Å². The molecular weight excluding hydrogens is 304 g/mol. The molecule has 0 unspecified atom stereocenters. The van der Waals surface area contributed by atoms with Crippen molar-refractivity contribution >= 4 is 11.9 Å². The molecular formula is C20H22O4. The summed E-state index contributed by atoms with van der Waals surface area (Å²) < 4.78 is 11.2. The van der Waals surface area contributed by atoms with Gasteiger partial charge < -0.3 is 14.6 Å². The first kappa shape index (κ1) is 17.6. The van der Waals surface area contributed by atoms with Gasteiger partial charge in [-0.15, -0.1) is 0 Å². The Morgan fingerprint density at radius 3 is 2.38 bits per heavy atom. The van der Waals surface area contributed by atoms with Crippen LogP contribution in [0.4, 0.5) is 0 Å². The summed E-state index contributed by atoms with van der Waals surface area (Å²) in [6.07, 6.45) is 3.27. The third-order valence-corrected chi connectivity index (χ3v) is 3.55. The molecule has 2 aromatic rings. The van der Waals surface area contributed by atoms with Crippen LogP contribution < -0.4 is 9.47 Å². The van der Waals surface area contributed by atoms with E-state index in [9.17, 15) is 9.90 Å². The van der Waals surface area contributed by atoms with E-state index in [1.807, 2.05) is 32.9 Å². The van der Waals surface area contributed by atoms with Crippen LogP contribution in [-0.2, 0) is 0 Å². The van der Waals surface area contributed by atoms with Gasteiger partial charge in [0, 0.05) is 11.6 Å². The molecule has 0 spiro atoms. The Kier molecular flexibility index (Phi) is 6.01. The maximum atomic E-state index is 12.2. The third-order valence-electron chi connectivity index (χ3n) is 3.55. The van der Waals surface area contributed by atoms with Crippen molar-refractivity contribution < 1.29 is 19.4 Å². The van der Waals surface area contributed by atoms with Gasteiger partial charge in [-0.2, -0.15) is 0 Å². The number of allylic oxidation sites excluding steroid dienone is 1. The second-order valence-corrected chi connectivity index (χ2v) is 5.25. The SMILES string of the molecule is CCOc1cc(C=CC(=O)c2ccc(O)cc2)c(C)c(OCC)c1. The van der Waals surface area contributed by atoms with Gasteiger partial charge >= 0.3 is 0 Å². The topological polar surface area (TPSA) is 55.8 Å². The summed E-state index contributed by atoms with van der Waals surface area (Å²) in [7, 11) is 0. The van der Waals surface area contributed by atoms with Gasteiger partial charge in [0.1, 0.15) is 17.2 Å². The molecule has 0 aromatic heterocycles. The molecule has 126 valence electrons. The first-order valence-corrected chi connectivity index (χ1v) is 7.96. The second kappa shape index (κ2) is 8.20. The van der Waals surface area contributed by atoms with Gasteiger partial charge in [-0.05, 0) is 68.3 Å². The van der Waals surface area contributed by atoms with Gasteiger partial charge in [0.2, 0.25) is 0 Å². The van der Waals surface area contributed by atoms with E-state index in [4.69, 9.17) is 9.47 Å². The standard InChI is InChI=1S/C20H22O4/c1-4-23-18-12-16(14(3)20(13-18)24-5-2)8-11-19(22)15-6-9-17(21)10-7-15/h6-13,21H,4-5H2,1-3H3. The molecule has 2 aromatic carbocycles. The highest BCUT2D eigenvalue weighted by Crippen LogP contribution is 2.29. The van der Waals surface area contributed by atoms with E-state index < -0.39 is 0 Å². The molecule has 0 radical (unpaired) electrons. The molecule has 0 aliphatic heterocycles. The molecule has 0 aliphatic carbocycles. The quantitative estimate of drug-likeness (QED) is 0.605. The fraction of sp³-hybridized carbons (Fsp3) is 0.250. The molecule has 0 saturated carbocycles. The van der Waals surface area contributed by atoms with Gasteiger partial charge in [-0.3, -0.25) is 4.79 Å². The number of phenols is 1. The summed E-state index contributed by atoms with van der Waals surface area (Å²) in [5.74, 6) is 1.47. The van der Waals surface area contributed by atoms with Crippen LogP contribution in [0.15, 0.2) is 42.5 Å². The Bertz CT molecular complexity index is 730. The fourth-order valence-corrected chi connectivity index (χ4v) is 2.30. The summed E-state index contributed by atoms with van der Waals surface area (Å²) >= 11 is 0. The van der Waals surface area contributed by atoms with Crippen LogP contribution in [0.2, 0.25) is 0 Å². The van der Waals surface area contributed by atoms with Crippen LogP contribution in [0.5, 0.6) is 17.2 Å². The average molecular weight is 326 g/mol. The minimum atomic E-state index is -0.130. The van der Waals surface area contributed by atoms with E-state index in [1.54, 1.807) is 18.2 Å². The van der Waals surface area contributed by atoms with Crippen LogP contribution in [0, 0.1) is 6.92 Å². The van der Waals surface area contributed by atoms with Crippen LogP contribution in [0.25, 0.3) is 6.08 Å². The highest BCUT2D eigenvalue weighted by Gasteiger charge is 2.08. The van der Waals surface area contributed by atoms with Crippen molar-refractivity contribution in [1.82, 2.24) is 0 Å². The minimum Gasteiger partial charge on any atom is -0.508 e. The molecule has 0 heterocycles. The third kappa shape index (κ3) is 4.38. The number of carbonyl (C=O) groups is 1. The molecule has 4 heteroatoms. The van der Waals surface area contributed by atoms with Crippen molar-refractivity contribution in [2.24, 2.45) is 0 Å². The van der Waals surface area contributed by atoms with Crippen molar-refractivity contribution in [3.63, 3.8) is 0 Å². The molecule has 24 heavy (non-hydrogen) atoms. The Hall–Kier alpha value is -2.75. The zero-order chi connectivity index (χ0) is 17.5. The lowest BCUT2D eigenvalue weighted by molar-refractivity contribution is 0.104. The Morgan fingerprint density at radius 1 is 1.08 bits per heavy atom. The van der Waals surface area contributed by atoms with Crippen molar-refractivity contribution in [2.45, 2.75) is 20.8 Å². The lowest BCUT2D eigenvalue weighted by Crippen LogP contribution is -1.99. The molecule has 0 aliphatic rings. The molecule has 0 fully saturated rings. The Balaban J connectivity index is 2.29. The summed E-state index contributed by atoms with van der Waals surface area (Å²) in [5.41, 5.74) is 2.35. The van der Waals surface area contributed by atoms with Gasteiger partial charge in [-0.25, -0.2) is 0 Å². The first-order chi connectivity index (χ1) is 11.5. The zero-order valence-corrected chi connectivity index (χ0v) is 14.2. The monoisotopic (exact) mass is 326 g/mol. The molecule has 0 bridgehead atoms. The largest absolute Gasteiger partial charge is 0.508 e. The number of rotatable bonds is 7. The number of hydrogen-bond acceptors (Lipinski definition) is 4. The van der Waals surface area contributed by atoms with Crippen molar-refractivity contribution in [1.29, 1.82) is 0 Å². The number of aromatic hydroxyl groups is 1. The number of phenolic OH excluding ortho intramolecular Hbond substituents is 1. The molecule has 0 atom stereocenters. The van der Waals surface area contributed by atoms with E-state index in [0.29, 0.717) is 24.5 Å². The molecule has 1 N–H and O–H groups in total. The predicted octanol–water partition coefficient (Wildman–Crippen LogP) is 4.39. The van der Waals surface area contributed by atoms with Crippen molar-refractivity contribution in [3.05, 3.63) is 59.2 Å². The number of hydrogen-bond donors (Lipinski definition) is 1. The van der Waals surface area contributed by atoms with Crippen molar-refractivity contribution in [3.8, 4) is 17.2 Å². The number of benzene rings is 2. The van der Waals surface area contributed by atoms with Crippen molar-refractivity contribution in [2.75, 3.05) is 13.2 Å². The number of carbonyl (C=O) groups excluding carboxylic acids is 1.